The number of hydrogen-bond acceptors (Lipinski definition) is 6. The summed E-state index contributed by atoms with van der Waals surface area (Å²) in [4.78, 5) is 6.61. The van der Waals surface area contributed by atoms with E-state index in [4.69, 9.17) is 4.52 Å². The van der Waals surface area contributed by atoms with E-state index in [1.54, 1.807) is 0 Å². The first kappa shape index (κ1) is 16.4. The molecule has 1 aromatic rings. The summed E-state index contributed by atoms with van der Waals surface area (Å²) < 4.78 is 27.7. The SMILES string of the molecule is CCC[C@@H]1[C@@H](C)CCCN1Cc1nc(CS(C)(=O)=O)no1. The lowest BCUT2D eigenvalue weighted by molar-refractivity contribution is 0.0756. The monoisotopic (exact) mass is 315 g/mol. The summed E-state index contributed by atoms with van der Waals surface area (Å²) in [6.45, 7) is 6.16. The molecule has 0 radical (unpaired) electrons. The highest BCUT2D eigenvalue weighted by molar-refractivity contribution is 7.89. The topological polar surface area (TPSA) is 76.3 Å². The van der Waals surface area contributed by atoms with E-state index in [1.165, 1.54) is 25.5 Å². The lowest BCUT2D eigenvalue weighted by Gasteiger charge is -2.39. The van der Waals surface area contributed by atoms with Crippen molar-refractivity contribution >= 4 is 9.84 Å². The maximum Gasteiger partial charge on any atom is 0.240 e. The second-order valence-corrected chi connectivity index (χ2v) is 8.26. The van der Waals surface area contributed by atoms with Crippen LogP contribution in [0.4, 0.5) is 0 Å². The van der Waals surface area contributed by atoms with Crippen LogP contribution in [0.5, 0.6) is 0 Å². The van der Waals surface area contributed by atoms with Gasteiger partial charge in [-0.3, -0.25) is 4.90 Å². The van der Waals surface area contributed by atoms with E-state index in [-0.39, 0.29) is 11.6 Å². The number of nitrogens with zero attached hydrogens (tertiary/aromatic N) is 3. The van der Waals surface area contributed by atoms with Crippen molar-refractivity contribution in [1.29, 1.82) is 0 Å². The van der Waals surface area contributed by atoms with Crippen LogP contribution in [0.1, 0.15) is 51.2 Å². The molecular weight excluding hydrogens is 290 g/mol. The number of likely N-dealkylation sites (tertiary alicyclic amines) is 1. The van der Waals surface area contributed by atoms with Crippen LogP contribution in [-0.4, -0.2) is 42.3 Å². The molecule has 2 heterocycles. The van der Waals surface area contributed by atoms with Crippen LogP contribution in [0, 0.1) is 5.92 Å². The van der Waals surface area contributed by atoms with Crippen LogP contribution in [0.15, 0.2) is 4.52 Å². The summed E-state index contributed by atoms with van der Waals surface area (Å²) in [5.74, 6) is 1.29. The third-order valence-corrected chi connectivity index (χ3v) is 4.84. The fraction of sp³-hybridized carbons (Fsp3) is 0.857. The molecule has 6 nitrogen and oxygen atoms in total. The second kappa shape index (κ2) is 6.87. The molecule has 1 aromatic heterocycles. The molecule has 21 heavy (non-hydrogen) atoms. The summed E-state index contributed by atoms with van der Waals surface area (Å²) in [6.07, 6.45) is 5.96. The Labute approximate surface area is 126 Å². The van der Waals surface area contributed by atoms with Crippen LogP contribution in [0.25, 0.3) is 0 Å². The molecule has 1 fully saturated rings. The van der Waals surface area contributed by atoms with Gasteiger partial charge in [0.1, 0.15) is 5.75 Å². The minimum Gasteiger partial charge on any atom is -0.338 e. The highest BCUT2D eigenvalue weighted by atomic mass is 32.2. The van der Waals surface area contributed by atoms with E-state index in [1.807, 2.05) is 0 Å². The van der Waals surface area contributed by atoms with E-state index < -0.39 is 9.84 Å². The van der Waals surface area contributed by atoms with Crippen LogP contribution in [0.2, 0.25) is 0 Å². The van der Waals surface area contributed by atoms with Gasteiger partial charge in [-0.25, -0.2) is 8.42 Å². The average molecular weight is 315 g/mol. The van der Waals surface area contributed by atoms with Gasteiger partial charge in [-0.1, -0.05) is 25.4 Å². The highest BCUT2D eigenvalue weighted by Gasteiger charge is 2.29. The zero-order chi connectivity index (χ0) is 15.5. The Morgan fingerprint density at radius 2 is 2.19 bits per heavy atom. The van der Waals surface area contributed by atoms with Crippen LogP contribution < -0.4 is 0 Å². The first-order chi connectivity index (χ1) is 9.89. The van der Waals surface area contributed by atoms with Crippen molar-refractivity contribution in [2.75, 3.05) is 12.8 Å². The number of sulfone groups is 1. The Bertz CT molecular complexity index is 556. The normalized spacial score (nSPS) is 24.3. The quantitative estimate of drug-likeness (QED) is 0.799. The largest absolute Gasteiger partial charge is 0.338 e. The molecule has 2 rings (SSSR count). The van der Waals surface area contributed by atoms with E-state index in [0.717, 1.165) is 13.0 Å². The lowest BCUT2D eigenvalue weighted by Crippen LogP contribution is -2.43. The van der Waals surface area contributed by atoms with Crippen molar-refractivity contribution in [1.82, 2.24) is 15.0 Å². The van der Waals surface area contributed by atoms with Gasteiger partial charge in [0.2, 0.25) is 5.89 Å². The van der Waals surface area contributed by atoms with Crippen molar-refractivity contribution in [3.63, 3.8) is 0 Å². The molecule has 1 saturated heterocycles. The number of rotatable bonds is 6. The van der Waals surface area contributed by atoms with Gasteiger partial charge in [-0.2, -0.15) is 4.98 Å². The van der Waals surface area contributed by atoms with Crippen LogP contribution in [-0.2, 0) is 22.1 Å². The maximum absolute atomic E-state index is 11.2. The van der Waals surface area contributed by atoms with Crippen LogP contribution in [0.3, 0.4) is 0 Å². The molecular formula is C14H25N3O3S. The predicted molar refractivity (Wildman–Crippen MR) is 80.3 cm³/mol. The molecule has 0 aliphatic carbocycles. The second-order valence-electron chi connectivity index (χ2n) is 6.12. The lowest BCUT2D eigenvalue weighted by atomic mass is 9.88. The van der Waals surface area contributed by atoms with Crippen molar-refractivity contribution in [2.45, 2.75) is 57.9 Å². The molecule has 7 heteroatoms. The summed E-state index contributed by atoms with van der Waals surface area (Å²) >= 11 is 0. The van der Waals surface area contributed by atoms with Crippen molar-refractivity contribution in [3.05, 3.63) is 11.7 Å². The molecule has 0 amide bonds. The number of aromatic nitrogens is 2. The first-order valence-corrected chi connectivity index (χ1v) is 9.68. The van der Waals surface area contributed by atoms with Crippen molar-refractivity contribution in [3.8, 4) is 0 Å². The summed E-state index contributed by atoms with van der Waals surface area (Å²) in [6, 6.07) is 0.550. The Morgan fingerprint density at radius 3 is 2.86 bits per heavy atom. The van der Waals surface area contributed by atoms with Gasteiger partial charge in [0.15, 0.2) is 15.7 Å². The molecule has 0 spiro atoms. The number of piperidine rings is 1. The van der Waals surface area contributed by atoms with E-state index in [9.17, 15) is 8.42 Å². The molecule has 0 saturated carbocycles. The van der Waals surface area contributed by atoms with E-state index in [0.29, 0.717) is 24.4 Å². The smallest absolute Gasteiger partial charge is 0.240 e. The standard InChI is InChI=1S/C14H25N3O3S/c1-4-6-12-11(2)7-5-8-17(12)9-14-15-13(16-20-14)10-21(3,18)19/h11-12H,4-10H2,1-3H3/t11-,12+/m0/s1. The van der Waals surface area contributed by atoms with Crippen molar-refractivity contribution in [2.24, 2.45) is 5.92 Å². The van der Waals surface area contributed by atoms with Gasteiger partial charge in [-0.15, -0.1) is 0 Å². The molecule has 0 N–H and O–H groups in total. The minimum absolute atomic E-state index is 0.161. The zero-order valence-electron chi connectivity index (χ0n) is 13.1. The summed E-state index contributed by atoms with van der Waals surface area (Å²) in [5, 5.41) is 3.77. The van der Waals surface area contributed by atoms with Crippen molar-refractivity contribution < 1.29 is 12.9 Å². The van der Waals surface area contributed by atoms with E-state index >= 15 is 0 Å². The third kappa shape index (κ3) is 4.78. The maximum atomic E-state index is 11.2. The zero-order valence-corrected chi connectivity index (χ0v) is 13.9. The third-order valence-electron chi connectivity index (χ3n) is 4.05. The average Bonchev–Trinajstić information content (AvgIpc) is 2.78. The Kier molecular flexibility index (Phi) is 5.37. The molecule has 0 unspecified atom stereocenters. The molecule has 1 aliphatic rings. The van der Waals surface area contributed by atoms with Gasteiger partial charge in [0, 0.05) is 12.3 Å². The fourth-order valence-electron chi connectivity index (χ4n) is 3.11. The first-order valence-electron chi connectivity index (χ1n) is 7.62. The molecule has 120 valence electrons. The Hall–Kier alpha value is -0.950. The molecule has 2 atom stereocenters. The molecule has 0 aromatic carbocycles. The van der Waals surface area contributed by atoms with Gasteiger partial charge >= 0.3 is 0 Å². The van der Waals surface area contributed by atoms with Gasteiger partial charge in [-0.05, 0) is 31.7 Å². The summed E-state index contributed by atoms with van der Waals surface area (Å²) in [7, 11) is -3.12. The van der Waals surface area contributed by atoms with Gasteiger partial charge < -0.3 is 4.52 Å². The molecule has 1 aliphatic heterocycles. The van der Waals surface area contributed by atoms with Crippen LogP contribution >= 0.6 is 0 Å². The highest BCUT2D eigenvalue weighted by Crippen LogP contribution is 2.27. The Morgan fingerprint density at radius 1 is 1.43 bits per heavy atom. The summed E-state index contributed by atoms with van der Waals surface area (Å²) in [5.41, 5.74) is 0. The fourth-order valence-corrected chi connectivity index (χ4v) is 3.70. The van der Waals surface area contributed by atoms with Gasteiger partial charge in [0.25, 0.3) is 0 Å². The van der Waals surface area contributed by atoms with E-state index in [2.05, 4.69) is 28.9 Å². The minimum atomic E-state index is -3.12. The van der Waals surface area contributed by atoms with Gasteiger partial charge in [0.05, 0.1) is 6.54 Å². The number of hydrogen-bond donors (Lipinski definition) is 0. The Balaban J connectivity index is 2.02. The predicted octanol–water partition coefficient (Wildman–Crippen LogP) is 2.01. The molecule has 0 bridgehead atoms.